The van der Waals surface area contributed by atoms with Crippen molar-refractivity contribution in [3.8, 4) is 11.5 Å². The lowest BCUT2D eigenvalue weighted by molar-refractivity contribution is -0.121. The van der Waals surface area contributed by atoms with E-state index in [2.05, 4.69) is 21.2 Å². The van der Waals surface area contributed by atoms with E-state index in [9.17, 15) is 9.59 Å². The number of benzene rings is 1. The lowest BCUT2D eigenvalue weighted by Gasteiger charge is -2.12. The maximum absolute atomic E-state index is 12.0. The Morgan fingerprint density at radius 1 is 1.12 bits per heavy atom. The predicted octanol–water partition coefficient (Wildman–Crippen LogP) is 4.16. The lowest BCUT2D eigenvalue weighted by Crippen LogP contribution is -2.26. The molecule has 0 saturated heterocycles. The van der Waals surface area contributed by atoms with Gasteiger partial charge in [0.1, 0.15) is 0 Å². The van der Waals surface area contributed by atoms with E-state index >= 15 is 0 Å². The van der Waals surface area contributed by atoms with Gasteiger partial charge < -0.3 is 14.8 Å². The van der Waals surface area contributed by atoms with Gasteiger partial charge in [0, 0.05) is 28.7 Å². The van der Waals surface area contributed by atoms with Gasteiger partial charge in [-0.2, -0.15) is 0 Å². The van der Waals surface area contributed by atoms with Gasteiger partial charge in [-0.05, 0) is 43.2 Å². The first-order valence-corrected chi connectivity index (χ1v) is 9.82. The van der Waals surface area contributed by atoms with Crippen molar-refractivity contribution in [1.82, 2.24) is 5.32 Å². The van der Waals surface area contributed by atoms with E-state index in [4.69, 9.17) is 9.47 Å². The molecule has 1 N–H and O–H groups in total. The maximum atomic E-state index is 12.0. The smallest absolute Gasteiger partial charge is 0.220 e. The summed E-state index contributed by atoms with van der Waals surface area (Å²) in [5, 5.41) is 2.86. The normalized spacial score (nSPS) is 10.5. The highest BCUT2D eigenvalue weighted by molar-refractivity contribution is 9.10. The Morgan fingerprint density at radius 2 is 1.81 bits per heavy atom. The molecule has 1 heterocycles. The second-order valence-electron chi connectivity index (χ2n) is 5.73. The summed E-state index contributed by atoms with van der Waals surface area (Å²) in [5.41, 5.74) is 1.01. The third-order valence-electron chi connectivity index (χ3n) is 3.86. The van der Waals surface area contributed by atoms with Crippen LogP contribution in [0.5, 0.6) is 11.5 Å². The third kappa shape index (κ3) is 5.57. The Labute approximate surface area is 165 Å². The molecule has 0 atom stereocenters. The molecule has 0 bridgehead atoms. The van der Waals surface area contributed by atoms with Crippen LogP contribution >= 0.6 is 27.3 Å². The Balaban J connectivity index is 1.80. The van der Waals surface area contributed by atoms with Gasteiger partial charge >= 0.3 is 0 Å². The molecule has 7 heteroatoms. The van der Waals surface area contributed by atoms with Crippen molar-refractivity contribution in [3.05, 3.63) is 44.1 Å². The van der Waals surface area contributed by atoms with Gasteiger partial charge in [0.25, 0.3) is 0 Å². The first-order chi connectivity index (χ1) is 12.4. The summed E-state index contributed by atoms with van der Waals surface area (Å²) in [6.45, 7) is 2.44. The van der Waals surface area contributed by atoms with Crippen LogP contribution in [0.25, 0.3) is 0 Å². The second kappa shape index (κ2) is 9.73. The number of ether oxygens (including phenoxy) is 2. The largest absolute Gasteiger partial charge is 0.493 e. The maximum Gasteiger partial charge on any atom is 0.220 e. The molecule has 1 aromatic heterocycles. The van der Waals surface area contributed by atoms with Crippen molar-refractivity contribution < 1.29 is 19.1 Å². The minimum atomic E-state index is -0.122. The number of nitrogens with one attached hydrogen (secondary N) is 1. The molecule has 1 aromatic carbocycles. The van der Waals surface area contributed by atoms with Gasteiger partial charge in [0.2, 0.25) is 5.91 Å². The first kappa shape index (κ1) is 20.5. The number of carbonyl (C=O) groups is 2. The number of aryl methyl sites for hydroxylation is 1. The minimum absolute atomic E-state index is 0.0147. The molecule has 2 rings (SSSR count). The Kier molecular flexibility index (Phi) is 7.66. The summed E-state index contributed by atoms with van der Waals surface area (Å²) in [7, 11) is 3.17. The Morgan fingerprint density at radius 3 is 2.42 bits per heavy atom. The van der Waals surface area contributed by atoms with E-state index in [1.54, 1.807) is 14.2 Å². The van der Waals surface area contributed by atoms with Crippen LogP contribution in [0.4, 0.5) is 0 Å². The van der Waals surface area contributed by atoms with Crippen LogP contribution < -0.4 is 14.8 Å². The molecule has 0 fully saturated rings. The molecule has 0 spiro atoms. The molecule has 5 nitrogen and oxygen atoms in total. The highest BCUT2D eigenvalue weighted by Crippen LogP contribution is 2.33. The SMILES string of the molecule is COc1cc(Br)c(CCNC(=O)CCC(=O)c2ccc(C)s2)cc1OC. The number of thiophene rings is 1. The molecule has 140 valence electrons. The molecule has 0 aliphatic rings. The number of rotatable bonds is 9. The average molecular weight is 440 g/mol. The summed E-state index contributed by atoms with van der Waals surface area (Å²) >= 11 is 4.97. The number of methoxy groups -OCH3 is 2. The molecule has 26 heavy (non-hydrogen) atoms. The Hall–Kier alpha value is -1.86. The van der Waals surface area contributed by atoms with Gasteiger partial charge in [-0.15, -0.1) is 11.3 Å². The van der Waals surface area contributed by atoms with Gasteiger partial charge in [-0.25, -0.2) is 0 Å². The van der Waals surface area contributed by atoms with E-state index < -0.39 is 0 Å². The molecule has 0 unspecified atom stereocenters. The van der Waals surface area contributed by atoms with Gasteiger partial charge in [-0.3, -0.25) is 9.59 Å². The average Bonchev–Trinajstić information content (AvgIpc) is 3.07. The molecule has 0 aliphatic carbocycles. The second-order valence-corrected chi connectivity index (χ2v) is 7.87. The fraction of sp³-hybridized carbons (Fsp3) is 0.368. The zero-order valence-corrected chi connectivity index (χ0v) is 17.5. The van der Waals surface area contributed by atoms with E-state index in [0.717, 1.165) is 14.9 Å². The Bertz CT molecular complexity index is 788. The standard InChI is InChI=1S/C19H22BrNO4S/c1-12-4-6-18(26-12)15(22)5-7-19(23)21-9-8-13-10-16(24-2)17(25-3)11-14(13)20/h4,6,10-11H,5,7-9H2,1-3H3,(H,21,23). The molecule has 0 aliphatic heterocycles. The summed E-state index contributed by atoms with van der Waals surface area (Å²) in [6.07, 6.45) is 1.07. The highest BCUT2D eigenvalue weighted by Gasteiger charge is 2.12. The quantitative estimate of drug-likeness (QED) is 0.595. The number of carbonyl (C=O) groups excluding carboxylic acids is 2. The van der Waals surface area contributed by atoms with Crippen molar-refractivity contribution >= 4 is 39.0 Å². The van der Waals surface area contributed by atoms with Gasteiger partial charge in [0.05, 0.1) is 19.1 Å². The fourth-order valence-electron chi connectivity index (χ4n) is 2.45. The van der Waals surface area contributed by atoms with Crippen molar-refractivity contribution in [3.63, 3.8) is 0 Å². The molecule has 1 amide bonds. The predicted molar refractivity (Wildman–Crippen MR) is 107 cm³/mol. The molecule has 0 saturated carbocycles. The summed E-state index contributed by atoms with van der Waals surface area (Å²) in [5.74, 6) is 1.19. The van der Waals surface area contributed by atoms with E-state index in [-0.39, 0.29) is 24.5 Å². The topological polar surface area (TPSA) is 64.6 Å². The van der Waals surface area contributed by atoms with Crippen LogP contribution in [0.15, 0.2) is 28.7 Å². The lowest BCUT2D eigenvalue weighted by atomic mass is 10.1. The monoisotopic (exact) mass is 439 g/mol. The number of halogens is 1. The molecule has 0 radical (unpaired) electrons. The zero-order valence-electron chi connectivity index (χ0n) is 15.1. The van der Waals surface area contributed by atoms with E-state index in [1.807, 2.05) is 31.2 Å². The van der Waals surface area contributed by atoms with Crippen molar-refractivity contribution in [2.75, 3.05) is 20.8 Å². The van der Waals surface area contributed by atoms with Crippen molar-refractivity contribution in [2.45, 2.75) is 26.2 Å². The van der Waals surface area contributed by atoms with E-state index in [0.29, 0.717) is 29.3 Å². The summed E-state index contributed by atoms with van der Waals surface area (Å²) in [4.78, 5) is 25.8. The summed E-state index contributed by atoms with van der Waals surface area (Å²) < 4.78 is 11.4. The molecule has 2 aromatic rings. The van der Waals surface area contributed by atoms with Crippen LogP contribution in [0.3, 0.4) is 0 Å². The number of hydrogen-bond acceptors (Lipinski definition) is 5. The van der Waals surface area contributed by atoms with Gasteiger partial charge in [0.15, 0.2) is 17.3 Å². The van der Waals surface area contributed by atoms with Crippen molar-refractivity contribution in [1.29, 1.82) is 0 Å². The molecular weight excluding hydrogens is 418 g/mol. The third-order valence-corrected chi connectivity index (χ3v) is 5.64. The first-order valence-electron chi connectivity index (χ1n) is 8.21. The number of amides is 1. The fourth-order valence-corrected chi connectivity index (χ4v) is 3.80. The highest BCUT2D eigenvalue weighted by atomic mass is 79.9. The van der Waals surface area contributed by atoms with Crippen molar-refractivity contribution in [2.24, 2.45) is 0 Å². The van der Waals surface area contributed by atoms with Crippen LogP contribution in [0.2, 0.25) is 0 Å². The number of Topliss-reactive ketones (excluding diaryl/α,β-unsaturated/α-hetero) is 1. The zero-order chi connectivity index (χ0) is 19.1. The summed E-state index contributed by atoms with van der Waals surface area (Å²) in [6, 6.07) is 7.46. The molecular formula is C19H22BrNO4S. The van der Waals surface area contributed by atoms with Crippen LogP contribution in [0, 0.1) is 6.92 Å². The van der Waals surface area contributed by atoms with Gasteiger partial charge in [-0.1, -0.05) is 15.9 Å². The number of ketones is 1. The minimum Gasteiger partial charge on any atom is -0.493 e. The van der Waals surface area contributed by atoms with Crippen LogP contribution in [-0.4, -0.2) is 32.5 Å². The number of hydrogen-bond donors (Lipinski definition) is 1. The van der Waals surface area contributed by atoms with Crippen LogP contribution in [0.1, 0.15) is 33.0 Å². The van der Waals surface area contributed by atoms with E-state index in [1.165, 1.54) is 11.3 Å². The van der Waals surface area contributed by atoms with Crippen LogP contribution in [-0.2, 0) is 11.2 Å².